The fourth-order valence-corrected chi connectivity index (χ4v) is 1.78. The standard InChI is InChI=1S/C10H9N5/c11-14-13-8-3-4-10-12-5-9(7-1-2-7)15(10)6-8/h3-7H,1-2H2. The molecule has 1 aliphatic rings. The van der Waals surface area contributed by atoms with Crippen LogP contribution in [-0.2, 0) is 0 Å². The Labute approximate surface area is 86.0 Å². The van der Waals surface area contributed by atoms with Gasteiger partial charge in [0.1, 0.15) is 5.65 Å². The van der Waals surface area contributed by atoms with Crippen LogP contribution in [0.5, 0.6) is 0 Å². The average molecular weight is 199 g/mol. The lowest BCUT2D eigenvalue weighted by Crippen LogP contribution is -1.89. The fourth-order valence-electron chi connectivity index (χ4n) is 1.78. The van der Waals surface area contributed by atoms with Gasteiger partial charge in [0, 0.05) is 28.9 Å². The third-order valence-corrected chi connectivity index (χ3v) is 2.67. The smallest absolute Gasteiger partial charge is 0.136 e. The Kier molecular flexibility index (Phi) is 1.66. The molecular formula is C10H9N5. The van der Waals surface area contributed by atoms with Crippen LogP contribution in [0.4, 0.5) is 5.69 Å². The molecule has 2 aromatic heterocycles. The molecule has 74 valence electrons. The Morgan fingerprint density at radius 1 is 1.47 bits per heavy atom. The second-order valence-corrected chi connectivity index (χ2v) is 3.76. The van der Waals surface area contributed by atoms with E-state index in [2.05, 4.69) is 15.0 Å². The third-order valence-electron chi connectivity index (χ3n) is 2.67. The van der Waals surface area contributed by atoms with Gasteiger partial charge in [-0.25, -0.2) is 4.98 Å². The predicted molar refractivity (Wildman–Crippen MR) is 56.0 cm³/mol. The minimum Gasteiger partial charge on any atom is -0.303 e. The van der Waals surface area contributed by atoms with Crippen molar-refractivity contribution in [2.45, 2.75) is 18.8 Å². The largest absolute Gasteiger partial charge is 0.303 e. The molecule has 5 nitrogen and oxygen atoms in total. The number of hydrogen-bond acceptors (Lipinski definition) is 2. The Morgan fingerprint density at radius 2 is 2.33 bits per heavy atom. The lowest BCUT2D eigenvalue weighted by Gasteiger charge is -1.99. The van der Waals surface area contributed by atoms with Gasteiger partial charge in [-0.3, -0.25) is 0 Å². The van der Waals surface area contributed by atoms with Crippen LogP contribution in [0, 0.1) is 0 Å². The van der Waals surface area contributed by atoms with E-state index >= 15 is 0 Å². The Balaban J connectivity index is 2.21. The van der Waals surface area contributed by atoms with Crippen molar-refractivity contribution in [3.05, 3.63) is 40.7 Å². The molecule has 0 amide bonds. The number of imidazole rings is 1. The Hall–Kier alpha value is -2.00. The predicted octanol–water partition coefficient (Wildman–Crippen LogP) is 3.15. The van der Waals surface area contributed by atoms with Crippen molar-refractivity contribution < 1.29 is 0 Å². The maximum Gasteiger partial charge on any atom is 0.136 e. The van der Waals surface area contributed by atoms with E-state index in [1.165, 1.54) is 18.5 Å². The van der Waals surface area contributed by atoms with Gasteiger partial charge < -0.3 is 4.40 Å². The van der Waals surface area contributed by atoms with Gasteiger partial charge in [-0.15, -0.1) is 0 Å². The van der Waals surface area contributed by atoms with E-state index in [9.17, 15) is 0 Å². The van der Waals surface area contributed by atoms with Crippen LogP contribution < -0.4 is 0 Å². The molecule has 1 saturated carbocycles. The molecule has 0 saturated heterocycles. The molecule has 0 unspecified atom stereocenters. The Bertz CT molecular complexity index is 560. The molecule has 0 spiro atoms. The number of azide groups is 1. The van der Waals surface area contributed by atoms with E-state index in [1.807, 2.05) is 22.9 Å². The highest BCUT2D eigenvalue weighted by molar-refractivity contribution is 5.49. The maximum atomic E-state index is 8.37. The fraction of sp³-hybridized carbons (Fsp3) is 0.300. The first-order chi connectivity index (χ1) is 7.38. The zero-order valence-electron chi connectivity index (χ0n) is 8.04. The molecule has 15 heavy (non-hydrogen) atoms. The first-order valence-corrected chi connectivity index (χ1v) is 4.90. The van der Waals surface area contributed by atoms with E-state index < -0.39 is 0 Å². The summed E-state index contributed by atoms with van der Waals surface area (Å²) in [4.78, 5) is 7.09. The number of aromatic nitrogens is 2. The second kappa shape index (κ2) is 3.00. The van der Waals surface area contributed by atoms with Crippen LogP contribution in [0.1, 0.15) is 24.5 Å². The van der Waals surface area contributed by atoms with E-state index in [0.717, 1.165) is 5.65 Å². The summed E-state index contributed by atoms with van der Waals surface area (Å²) in [6, 6.07) is 3.65. The average Bonchev–Trinajstić information content (AvgIpc) is 3.00. The lowest BCUT2D eigenvalue weighted by molar-refractivity contribution is 0.982. The van der Waals surface area contributed by atoms with Gasteiger partial charge in [-0.05, 0) is 30.5 Å². The van der Waals surface area contributed by atoms with Gasteiger partial charge in [0.15, 0.2) is 0 Å². The number of pyridine rings is 1. The van der Waals surface area contributed by atoms with Crippen molar-refractivity contribution in [3.63, 3.8) is 0 Å². The van der Waals surface area contributed by atoms with Crippen LogP contribution >= 0.6 is 0 Å². The molecule has 0 aliphatic heterocycles. The van der Waals surface area contributed by atoms with Gasteiger partial charge in [0.2, 0.25) is 0 Å². The summed E-state index contributed by atoms with van der Waals surface area (Å²) in [5, 5.41) is 3.59. The summed E-state index contributed by atoms with van der Waals surface area (Å²) in [7, 11) is 0. The third kappa shape index (κ3) is 1.33. The molecule has 0 bridgehead atoms. The molecule has 1 aliphatic carbocycles. The van der Waals surface area contributed by atoms with E-state index in [0.29, 0.717) is 11.6 Å². The van der Waals surface area contributed by atoms with Gasteiger partial charge in [0.05, 0.1) is 5.69 Å². The van der Waals surface area contributed by atoms with Gasteiger partial charge in [0.25, 0.3) is 0 Å². The monoisotopic (exact) mass is 199 g/mol. The van der Waals surface area contributed by atoms with Crippen LogP contribution in [0.15, 0.2) is 29.6 Å². The summed E-state index contributed by atoms with van der Waals surface area (Å²) in [6.45, 7) is 0. The van der Waals surface area contributed by atoms with E-state index in [1.54, 1.807) is 6.07 Å². The summed E-state index contributed by atoms with van der Waals surface area (Å²) in [5.41, 5.74) is 11.1. The van der Waals surface area contributed by atoms with Gasteiger partial charge in [-0.2, -0.15) is 0 Å². The number of hydrogen-bond donors (Lipinski definition) is 0. The minimum absolute atomic E-state index is 0.630. The van der Waals surface area contributed by atoms with Crippen LogP contribution in [-0.4, -0.2) is 9.38 Å². The molecule has 0 N–H and O–H groups in total. The second-order valence-electron chi connectivity index (χ2n) is 3.76. The summed E-state index contributed by atoms with van der Waals surface area (Å²) < 4.78 is 2.02. The number of nitrogens with zero attached hydrogens (tertiary/aromatic N) is 5. The molecule has 1 fully saturated rings. The molecule has 3 rings (SSSR count). The number of rotatable bonds is 2. The summed E-state index contributed by atoms with van der Waals surface area (Å²) >= 11 is 0. The summed E-state index contributed by atoms with van der Waals surface area (Å²) in [6.07, 6.45) is 6.22. The molecule has 2 heterocycles. The van der Waals surface area contributed by atoms with E-state index in [-0.39, 0.29) is 0 Å². The van der Waals surface area contributed by atoms with Gasteiger partial charge in [-0.1, -0.05) is 5.11 Å². The normalized spacial score (nSPS) is 15.2. The maximum absolute atomic E-state index is 8.37. The van der Waals surface area contributed by atoms with Crippen molar-refractivity contribution >= 4 is 11.3 Å². The minimum atomic E-state index is 0.630. The van der Waals surface area contributed by atoms with Crippen molar-refractivity contribution in [2.24, 2.45) is 5.11 Å². The quantitative estimate of drug-likeness (QED) is 0.416. The highest BCUT2D eigenvalue weighted by Crippen LogP contribution is 2.40. The summed E-state index contributed by atoms with van der Waals surface area (Å²) in [5.74, 6) is 0.640. The highest BCUT2D eigenvalue weighted by atomic mass is 15.1. The van der Waals surface area contributed by atoms with Crippen LogP contribution in [0.3, 0.4) is 0 Å². The molecule has 2 aromatic rings. The molecule has 0 atom stereocenters. The molecule has 5 heteroatoms. The highest BCUT2D eigenvalue weighted by Gasteiger charge is 2.26. The topological polar surface area (TPSA) is 66.1 Å². The van der Waals surface area contributed by atoms with Gasteiger partial charge >= 0.3 is 0 Å². The van der Waals surface area contributed by atoms with Crippen molar-refractivity contribution in [2.75, 3.05) is 0 Å². The van der Waals surface area contributed by atoms with Crippen molar-refractivity contribution in [1.82, 2.24) is 9.38 Å². The SMILES string of the molecule is [N-]=[N+]=Nc1ccc2ncc(C3CC3)n2c1. The van der Waals surface area contributed by atoms with Crippen molar-refractivity contribution in [3.8, 4) is 0 Å². The molecule has 0 aromatic carbocycles. The zero-order valence-corrected chi connectivity index (χ0v) is 8.04. The first-order valence-electron chi connectivity index (χ1n) is 4.90. The molecular weight excluding hydrogens is 190 g/mol. The lowest BCUT2D eigenvalue weighted by atomic mass is 10.3. The van der Waals surface area contributed by atoms with Crippen LogP contribution in [0.2, 0.25) is 0 Å². The molecule has 0 radical (unpaired) electrons. The van der Waals surface area contributed by atoms with Crippen LogP contribution in [0.25, 0.3) is 16.1 Å². The zero-order chi connectivity index (χ0) is 10.3. The van der Waals surface area contributed by atoms with Crippen molar-refractivity contribution in [1.29, 1.82) is 0 Å². The first kappa shape index (κ1) is 8.32. The van der Waals surface area contributed by atoms with E-state index in [4.69, 9.17) is 5.53 Å². The number of fused-ring (bicyclic) bond motifs is 1. The Morgan fingerprint density at radius 3 is 3.07 bits per heavy atom.